The maximum atomic E-state index is 10.7. The molecule has 0 fully saturated rings. The lowest BCUT2D eigenvalue weighted by Crippen LogP contribution is -2.24. The lowest BCUT2D eigenvalue weighted by molar-refractivity contribution is 0.247. The Labute approximate surface area is 170 Å². The van der Waals surface area contributed by atoms with E-state index in [2.05, 4.69) is 36.5 Å². The van der Waals surface area contributed by atoms with Crippen molar-refractivity contribution in [2.45, 2.75) is 32.6 Å². The van der Waals surface area contributed by atoms with E-state index < -0.39 is 6.03 Å². The third-order valence-corrected chi connectivity index (χ3v) is 4.46. The van der Waals surface area contributed by atoms with Crippen molar-refractivity contribution in [1.29, 1.82) is 0 Å². The zero-order valence-electron chi connectivity index (χ0n) is 16.2. The number of halogens is 1. The standard InChI is InChI=1S/C21H26ClN3O3/c1-3-15(2)16-5-8-19(9-6-16)27-11-4-12-28-20-10-7-18(22)13-17(20)14-24-25-21(23)26/h5-10,13-15H,3-4,11-12H2,1-2H3,(H3,23,25,26)/b24-14+. The molecule has 0 aliphatic heterocycles. The fraction of sp³-hybridized carbons (Fsp3) is 0.333. The van der Waals surface area contributed by atoms with Crippen molar-refractivity contribution in [2.75, 3.05) is 13.2 Å². The monoisotopic (exact) mass is 403 g/mol. The van der Waals surface area contributed by atoms with Crippen LogP contribution in [0.2, 0.25) is 5.02 Å². The van der Waals surface area contributed by atoms with Crippen LogP contribution in [-0.2, 0) is 0 Å². The maximum absolute atomic E-state index is 10.7. The number of carbonyl (C=O) groups excluding carboxylic acids is 1. The molecular formula is C21H26ClN3O3. The quantitative estimate of drug-likeness (QED) is 0.342. The van der Waals surface area contributed by atoms with Crippen molar-refractivity contribution in [1.82, 2.24) is 5.43 Å². The molecule has 0 aliphatic carbocycles. The van der Waals surface area contributed by atoms with E-state index in [-0.39, 0.29) is 0 Å². The van der Waals surface area contributed by atoms with Crippen molar-refractivity contribution >= 4 is 23.8 Å². The number of nitrogens with two attached hydrogens (primary N) is 1. The zero-order valence-corrected chi connectivity index (χ0v) is 16.9. The molecule has 0 aromatic heterocycles. The fourth-order valence-corrected chi connectivity index (χ4v) is 2.66. The molecule has 0 spiro atoms. The molecule has 3 N–H and O–H groups in total. The Balaban J connectivity index is 1.80. The summed E-state index contributed by atoms with van der Waals surface area (Å²) in [6.07, 6.45) is 3.26. The summed E-state index contributed by atoms with van der Waals surface area (Å²) in [5.74, 6) is 2.01. The lowest BCUT2D eigenvalue weighted by Gasteiger charge is -2.12. The third-order valence-electron chi connectivity index (χ3n) is 4.23. The van der Waals surface area contributed by atoms with E-state index in [4.69, 9.17) is 26.8 Å². The van der Waals surface area contributed by atoms with Gasteiger partial charge >= 0.3 is 6.03 Å². The van der Waals surface area contributed by atoms with Crippen molar-refractivity contribution < 1.29 is 14.3 Å². The Hall–Kier alpha value is -2.73. The molecule has 6 nitrogen and oxygen atoms in total. The van der Waals surface area contributed by atoms with Crippen LogP contribution in [0.3, 0.4) is 0 Å². The van der Waals surface area contributed by atoms with Crippen LogP contribution in [0.5, 0.6) is 11.5 Å². The van der Waals surface area contributed by atoms with Crippen LogP contribution in [0.1, 0.15) is 43.7 Å². The van der Waals surface area contributed by atoms with Crippen molar-refractivity contribution in [3.63, 3.8) is 0 Å². The first-order chi connectivity index (χ1) is 13.5. The number of amides is 2. The second kappa shape index (κ2) is 11.2. The van der Waals surface area contributed by atoms with Crippen LogP contribution in [-0.4, -0.2) is 25.5 Å². The van der Waals surface area contributed by atoms with E-state index in [1.165, 1.54) is 11.8 Å². The number of hydrogen-bond donors (Lipinski definition) is 2. The highest BCUT2D eigenvalue weighted by Crippen LogP contribution is 2.23. The second-order valence-electron chi connectivity index (χ2n) is 6.35. The second-order valence-corrected chi connectivity index (χ2v) is 6.78. The van der Waals surface area contributed by atoms with Gasteiger partial charge in [-0.2, -0.15) is 5.10 Å². The molecule has 0 saturated heterocycles. The van der Waals surface area contributed by atoms with Gasteiger partial charge in [0, 0.05) is 17.0 Å². The smallest absolute Gasteiger partial charge is 0.332 e. The van der Waals surface area contributed by atoms with E-state index in [1.54, 1.807) is 18.2 Å². The Morgan fingerprint density at radius 3 is 2.61 bits per heavy atom. The summed E-state index contributed by atoms with van der Waals surface area (Å²) < 4.78 is 11.5. The number of ether oxygens (including phenoxy) is 2. The average molecular weight is 404 g/mol. The summed E-state index contributed by atoms with van der Waals surface area (Å²) in [6.45, 7) is 5.41. The van der Waals surface area contributed by atoms with Gasteiger partial charge in [-0.15, -0.1) is 0 Å². The van der Waals surface area contributed by atoms with Crippen LogP contribution in [0, 0.1) is 0 Å². The summed E-state index contributed by atoms with van der Waals surface area (Å²) >= 11 is 6.00. The molecule has 7 heteroatoms. The summed E-state index contributed by atoms with van der Waals surface area (Å²) in [5, 5.41) is 4.28. The maximum Gasteiger partial charge on any atom is 0.332 e. The highest BCUT2D eigenvalue weighted by atomic mass is 35.5. The first-order valence-electron chi connectivity index (χ1n) is 9.23. The molecule has 0 heterocycles. The minimum Gasteiger partial charge on any atom is -0.493 e. The van der Waals surface area contributed by atoms with Crippen LogP contribution in [0.15, 0.2) is 47.6 Å². The Morgan fingerprint density at radius 1 is 1.21 bits per heavy atom. The predicted molar refractivity (Wildman–Crippen MR) is 113 cm³/mol. The van der Waals surface area contributed by atoms with Crippen LogP contribution >= 0.6 is 11.6 Å². The molecule has 0 radical (unpaired) electrons. The summed E-state index contributed by atoms with van der Waals surface area (Å²) in [4.78, 5) is 10.7. The molecule has 2 aromatic carbocycles. The van der Waals surface area contributed by atoms with E-state index in [1.807, 2.05) is 12.1 Å². The number of rotatable bonds is 10. The first-order valence-corrected chi connectivity index (χ1v) is 9.61. The number of benzene rings is 2. The van der Waals surface area contributed by atoms with E-state index in [0.717, 1.165) is 12.2 Å². The Bertz CT molecular complexity index is 794. The molecule has 0 saturated carbocycles. The van der Waals surface area contributed by atoms with Gasteiger partial charge in [-0.3, -0.25) is 0 Å². The number of primary amides is 1. The van der Waals surface area contributed by atoms with Crippen molar-refractivity contribution in [2.24, 2.45) is 10.8 Å². The van der Waals surface area contributed by atoms with Gasteiger partial charge in [0.05, 0.1) is 19.4 Å². The number of hydrogen-bond acceptors (Lipinski definition) is 4. The molecule has 1 unspecified atom stereocenters. The Kier molecular flexibility index (Phi) is 8.62. The fourth-order valence-electron chi connectivity index (χ4n) is 2.48. The number of carbonyl (C=O) groups is 1. The molecule has 150 valence electrons. The van der Waals surface area contributed by atoms with Crippen molar-refractivity contribution in [3.8, 4) is 11.5 Å². The van der Waals surface area contributed by atoms with Gasteiger partial charge in [0.1, 0.15) is 11.5 Å². The SMILES string of the molecule is CCC(C)c1ccc(OCCCOc2ccc(Cl)cc2/C=N/NC(N)=O)cc1. The van der Waals surface area contributed by atoms with Crippen LogP contribution in [0.4, 0.5) is 4.79 Å². The van der Waals surface area contributed by atoms with Gasteiger partial charge in [-0.05, 0) is 48.2 Å². The topological polar surface area (TPSA) is 85.9 Å². The summed E-state index contributed by atoms with van der Waals surface area (Å²) in [7, 11) is 0. The highest BCUT2D eigenvalue weighted by molar-refractivity contribution is 6.30. The molecule has 2 amide bonds. The zero-order chi connectivity index (χ0) is 20.4. The predicted octanol–water partition coefficient (Wildman–Crippen LogP) is 4.70. The highest BCUT2D eigenvalue weighted by Gasteiger charge is 2.05. The molecule has 2 rings (SSSR count). The minimum atomic E-state index is -0.741. The molecule has 0 bridgehead atoms. The summed E-state index contributed by atoms with van der Waals surface area (Å²) in [6, 6.07) is 12.7. The van der Waals surface area contributed by atoms with Crippen LogP contribution in [0.25, 0.3) is 0 Å². The van der Waals surface area contributed by atoms with Crippen molar-refractivity contribution in [3.05, 3.63) is 58.6 Å². The number of hydrazone groups is 1. The van der Waals surface area contributed by atoms with Gasteiger partial charge < -0.3 is 15.2 Å². The van der Waals surface area contributed by atoms with Crippen LogP contribution < -0.4 is 20.6 Å². The van der Waals surface area contributed by atoms with E-state index >= 15 is 0 Å². The lowest BCUT2D eigenvalue weighted by atomic mass is 9.99. The third kappa shape index (κ3) is 7.12. The largest absolute Gasteiger partial charge is 0.493 e. The summed E-state index contributed by atoms with van der Waals surface area (Å²) in [5.41, 5.74) is 9.08. The molecule has 2 aromatic rings. The Morgan fingerprint density at radius 2 is 1.93 bits per heavy atom. The number of urea groups is 1. The number of nitrogens with one attached hydrogen (secondary N) is 1. The molecule has 1 atom stereocenters. The van der Waals surface area contributed by atoms with Gasteiger partial charge in [-0.25, -0.2) is 10.2 Å². The first kappa shape index (κ1) is 21.6. The molecule has 28 heavy (non-hydrogen) atoms. The molecular weight excluding hydrogens is 378 g/mol. The van der Waals surface area contributed by atoms with Gasteiger partial charge in [-0.1, -0.05) is 37.6 Å². The number of nitrogens with zero attached hydrogens (tertiary/aromatic N) is 1. The van der Waals surface area contributed by atoms with Gasteiger partial charge in [0.25, 0.3) is 0 Å². The van der Waals surface area contributed by atoms with E-state index in [9.17, 15) is 4.79 Å². The normalized spacial score (nSPS) is 12.0. The van der Waals surface area contributed by atoms with Gasteiger partial charge in [0.15, 0.2) is 0 Å². The minimum absolute atomic E-state index is 0.469. The van der Waals surface area contributed by atoms with E-state index in [0.29, 0.717) is 41.9 Å². The average Bonchev–Trinajstić information content (AvgIpc) is 2.68. The van der Waals surface area contributed by atoms with Gasteiger partial charge in [0.2, 0.25) is 0 Å². The molecule has 0 aliphatic rings.